The number of aromatic amines is 2. The fraction of sp³-hybridized carbons (Fsp3) is 0.522. The Morgan fingerprint density at radius 2 is 1.50 bits per heavy atom. The van der Waals surface area contributed by atoms with Gasteiger partial charge >= 0.3 is 5.97 Å². The number of carbonyl (C=O) groups is 5. The molecule has 0 saturated heterocycles. The molecule has 15 nitrogen and oxygen atoms in total. The smallest absolute Gasteiger partial charge is 0.326 e. The van der Waals surface area contributed by atoms with Gasteiger partial charge in [0.1, 0.15) is 18.1 Å². The van der Waals surface area contributed by atoms with E-state index in [9.17, 15) is 29.1 Å². The summed E-state index contributed by atoms with van der Waals surface area (Å²) in [7, 11) is 0. The zero-order valence-electron chi connectivity index (χ0n) is 21.3. The van der Waals surface area contributed by atoms with E-state index in [1.807, 2.05) is 6.92 Å². The molecule has 0 bridgehead atoms. The third kappa shape index (κ3) is 9.31. The van der Waals surface area contributed by atoms with E-state index in [2.05, 4.69) is 35.9 Å². The predicted molar refractivity (Wildman–Crippen MR) is 134 cm³/mol. The second-order valence-electron chi connectivity index (χ2n) is 9.01. The fourth-order valence-electron chi connectivity index (χ4n) is 3.59. The second kappa shape index (κ2) is 14.5. The summed E-state index contributed by atoms with van der Waals surface area (Å²) in [5.41, 5.74) is 12.3. The summed E-state index contributed by atoms with van der Waals surface area (Å²) in [5.74, 6) is -4.44. The van der Waals surface area contributed by atoms with Crippen molar-refractivity contribution in [2.24, 2.45) is 17.4 Å². The van der Waals surface area contributed by atoms with Crippen molar-refractivity contribution >= 4 is 29.6 Å². The molecule has 5 unspecified atom stereocenters. The molecule has 0 aliphatic heterocycles. The van der Waals surface area contributed by atoms with Crippen LogP contribution in [0.25, 0.3) is 0 Å². The molecule has 10 N–H and O–H groups in total. The zero-order chi connectivity index (χ0) is 28.2. The van der Waals surface area contributed by atoms with Gasteiger partial charge in [0.25, 0.3) is 0 Å². The van der Waals surface area contributed by atoms with Crippen molar-refractivity contribution in [3.05, 3.63) is 36.4 Å². The zero-order valence-corrected chi connectivity index (χ0v) is 21.3. The number of primary amides is 1. The summed E-state index contributed by atoms with van der Waals surface area (Å²) in [6.45, 7) is 3.57. The standard InChI is InChI=1S/C23H35N9O6/c1-3-12(2)19(32-20(34)15(24)6-13-8-26-10-28-13)22(36)30-16(4-5-18(25)33)21(35)31-17(23(37)38)7-14-9-27-11-29-14/h8-12,15-17,19H,3-7,24H2,1-2H3,(H2,25,33)(H,26,28)(H,27,29)(H,30,36)(H,31,35)(H,32,34)(H,37,38). The summed E-state index contributed by atoms with van der Waals surface area (Å²) in [6.07, 6.45) is 5.95. The molecule has 0 aliphatic rings. The number of aromatic nitrogens is 4. The predicted octanol–water partition coefficient (Wildman–Crippen LogP) is -1.90. The van der Waals surface area contributed by atoms with E-state index >= 15 is 0 Å². The number of imidazole rings is 2. The Morgan fingerprint density at radius 1 is 0.921 bits per heavy atom. The topological polar surface area (TPSA) is 251 Å². The van der Waals surface area contributed by atoms with Gasteiger partial charge in [-0.05, 0) is 12.3 Å². The molecule has 2 aromatic rings. The Balaban J connectivity index is 2.14. The molecule has 0 fully saturated rings. The lowest BCUT2D eigenvalue weighted by Gasteiger charge is -2.28. The first kappa shape index (κ1) is 30.0. The van der Waals surface area contributed by atoms with E-state index in [4.69, 9.17) is 11.5 Å². The molecular weight excluding hydrogens is 498 g/mol. The van der Waals surface area contributed by atoms with Crippen molar-refractivity contribution in [3.8, 4) is 0 Å². The van der Waals surface area contributed by atoms with Crippen LogP contribution in [-0.4, -0.2) is 78.8 Å². The van der Waals surface area contributed by atoms with Crippen molar-refractivity contribution < 1.29 is 29.1 Å². The number of carbonyl (C=O) groups excluding carboxylic acids is 4. The molecule has 2 rings (SSSR count). The Bertz CT molecular complexity index is 1070. The summed E-state index contributed by atoms with van der Waals surface area (Å²) in [6, 6.07) is -4.64. The monoisotopic (exact) mass is 533 g/mol. The third-order valence-electron chi connectivity index (χ3n) is 6.03. The van der Waals surface area contributed by atoms with Gasteiger partial charge in [-0.1, -0.05) is 20.3 Å². The molecule has 4 amide bonds. The Labute approximate surface area is 218 Å². The van der Waals surface area contributed by atoms with Crippen LogP contribution in [0.2, 0.25) is 0 Å². The van der Waals surface area contributed by atoms with Crippen molar-refractivity contribution in [1.29, 1.82) is 0 Å². The first-order valence-electron chi connectivity index (χ1n) is 12.1. The van der Waals surface area contributed by atoms with E-state index < -0.39 is 53.8 Å². The maximum absolute atomic E-state index is 13.2. The number of nitrogens with zero attached hydrogens (tertiary/aromatic N) is 2. The number of amides is 4. The maximum atomic E-state index is 13.2. The van der Waals surface area contributed by atoms with Crippen LogP contribution in [0.5, 0.6) is 0 Å². The van der Waals surface area contributed by atoms with Gasteiger partial charge in [-0.15, -0.1) is 0 Å². The molecule has 38 heavy (non-hydrogen) atoms. The van der Waals surface area contributed by atoms with Crippen molar-refractivity contribution in [2.75, 3.05) is 0 Å². The van der Waals surface area contributed by atoms with Crippen molar-refractivity contribution in [1.82, 2.24) is 35.9 Å². The van der Waals surface area contributed by atoms with Crippen LogP contribution >= 0.6 is 0 Å². The number of carboxylic acid groups (broad SMARTS) is 1. The van der Waals surface area contributed by atoms with Crippen LogP contribution in [0.1, 0.15) is 44.5 Å². The molecule has 0 saturated carbocycles. The van der Waals surface area contributed by atoms with Crippen LogP contribution in [0.4, 0.5) is 0 Å². The molecule has 2 aromatic heterocycles. The van der Waals surface area contributed by atoms with Crippen LogP contribution in [-0.2, 0) is 36.8 Å². The Morgan fingerprint density at radius 3 is 2.00 bits per heavy atom. The molecule has 15 heteroatoms. The van der Waals surface area contributed by atoms with Gasteiger partial charge in [0.15, 0.2) is 0 Å². The minimum Gasteiger partial charge on any atom is -0.480 e. The molecule has 208 valence electrons. The summed E-state index contributed by atoms with van der Waals surface area (Å²) < 4.78 is 0. The fourth-order valence-corrected chi connectivity index (χ4v) is 3.59. The lowest BCUT2D eigenvalue weighted by molar-refractivity contribution is -0.142. The molecule has 0 radical (unpaired) electrons. The van der Waals surface area contributed by atoms with E-state index in [-0.39, 0.29) is 31.6 Å². The molecule has 0 aromatic carbocycles. The number of hydrogen-bond acceptors (Lipinski definition) is 8. The normalized spacial score (nSPS) is 14.9. The average molecular weight is 534 g/mol. The highest BCUT2D eigenvalue weighted by atomic mass is 16.4. The number of H-pyrrole nitrogens is 2. The highest BCUT2D eigenvalue weighted by Gasteiger charge is 2.32. The van der Waals surface area contributed by atoms with Crippen LogP contribution in [0.3, 0.4) is 0 Å². The first-order chi connectivity index (χ1) is 18.0. The lowest BCUT2D eigenvalue weighted by Crippen LogP contribution is -2.59. The van der Waals surface area contributed by atoms with E-state index in [0.29, 0.717) is 17.8 Å². The lowest BCUT2D eigenvalue weighted by atomic mass is 9.96. The Hall–Kier alpha value is -4.27. The average Bonchev–Trinajstić information content (AvgIpc) is 3.58. The minimum atomic E-state index is -1.33. The number of hydrogen-bond donors (Lipinski definition) is 8. The number of nitrogens with one attached hydrogen (secondary N) is 5. The van der Waals surface area contributed by atoms with Crippen LogP contribution < -0.4 is 27.4 Å². The first-order valence-corrected chi connectivity index (χ1v) is 12.1. The second-order valence-corrected chi connectivity index (χ2v) is 9.01. The summed E-state index contributed by atoms with van der Waals surface area (Å²) in [5, 5.41) is 17.1. The van der Waals surface area contributed by atoms with E-state index in [0.717, 1.165) is 0 Å². The Kier molecular flexibility index (Phi) is 11.4. The largest absolute Gasteiger partial charge is 0.480 e. The van der Waals surface area contributed by atoms with Gasteiger partial charge in [0.05, 0.1) is 18.7 Å². The molecule has 0 aliphatic carbocycles. The van der Waals surface area contributed by atoms with Gasteiger partial charge in [0, 0.05) is 43.0 Å². The van der Waals surface area contributed by atoms with Gasteiger partial charge in [-0.25, -0.2) is 14.8 Å². The van der Waals surface area contributed by atoms with Gasteiger partial charge in [-0.2, -0.15) is 0 Å². The maximum Gasteiger partial charge on any atom is 0.326 e. The summed E-state index contributed by atoms with van der Waals surface area (Å²) >= 11 is 0. The number of aliphatic carboxylic acids is 1. The van der Waals surface area contributed by atoms with Gasteiger partial charge in [0.2, 0.25) is 23.6 Å². The van der Waals surface area contributed by atoms with E-state index in [1.54, 1.807) is 6.92 Å². The van der Waals surface area contributed by atoms with E-state index in [1.165, 1.54) is 25.0 Å². The minimum absolute atomic E-state index is 0.0860. The van der Waals surface area contributed by atoms with Gasteiger partial charge in [-0.3, -0.25) is 19.2 Å². The molecular formula is C23H35N9O6. The SMILES string of the molecule is CCC(C)C(NC(=O)C(N)Cc1cnc[nH]1)C(=O)NC(CCC(N)=O)C(=O)NC(Cc1cnc[nH]1)C(=O)O. The van der Waals surface area contributed by atoms with Crippen LogP contribution in [0, 0.1) is 5.92 Å². The molecule has 2 heterocycles. The van der Waals surface area contributed by atoms with Crippen LogP contribution in [0.15, 0.2) is 25.0 Å². The molecule has 0 spiro atoms. The van der Waals surface area contributed by atoms with Crippen molar-refractivity contribution in [3.63, 3.8) is 0 Å². The number of nitrogens with two attached hydrogens (primary N) is 2. The number of carboxylic acids is 1. The third-order valence-corrected chi connectivity index (χ3v) is 6.03. The molecule has 5 atom stereocenters. The highest BCUT2D eigenvalue weighted by molar-refractivity contribution is 5.94. The summed E-state index contributed by atoms with van der Waals surface area (Å²) in [4.78, 5) is 75.4. The quantitative estimate of drug-likeness (QED) is 0.120. The van der Waals surface area contributed by atoms with Gasteiger partial charge < -0.3 is 42.5 Å². The number of rotatable bonds is 16. The van der Waals surface area contributed by atoms with Crippen molar-refractivity contribution in [2.45, 2.75) is 70.1 Å². The highest BCUT2D eigenvalue weighted by Crippen LogP contribution is 2.11.